The van der Waals surface area contributed by atoms with Crippen LogP contribution in [0.5, 0.6) is 0 Å². The molecule has 1 heterocycles. The Kier molecular flexibility index (Phi) is 4.76. The Bertz CT molecular complexity index is 725. The third-order valence-electron chi connectivity index (χ3n) is 2.79. The highest BCUT2D eigenvalue weighted by Gasteiger charge is 2.07. The molecule has 1 aromatic carbocycles. The predicted molar refractivity (Wildman–Crippen MR) is 80.0 cm³/mol. The summed E-state index contributed by atoms with van der Waals surface area (Å²) in [5.74, 6) is 0.0141. The second-order valence-electron chi connectivity index (χ2n) is 4.27. The van der Waals surface area contributed by atoms with Crippen LogP contribution in [0.2, 0.25) is 0 Å². The van der Waals surface area contributed by atoms with Gasteiger partial charge in [-0.25, -0.2) is 33.0 Å². The summed E-state index contributed by atoms with van der Waals surface area (Å²) < 4.78 is 26.3. The van der Waals surface area contributed by atoms with Gasteiger partial charge in [0.25, 0.3) is 0 Å². The van der Waals surface area contributed by atoms with Crippen LogP contribution in [-0.2, 0) is 10.0 Å². The van der Waals surface area contributed by atoms with Gasteiger partial charge in [0.15, 0.2) is 0 Å². The van der Waals surface area contributed by atoms with Crippen molar-refractivity contribution in [2.24, 2.45) is 0 Å². The molecule has 0 saturated heterocycles. The number of nitrogens with one attached hydrogen (secondary N) is 3. The highest BCUT2D eigenvalue weighted by molar-refractivity contribution is 7.89. The van der Waals surface area contributed by atoms with E-state index in [-0.39, 0.29) is 18.8 Å². The number of aromatic nitrogens is 2. The molecule has 0 saturated carbocycles. The molecule has 0 spiro atoms. The predicted octanol–water partition coefficient (Wildman–Crippen LogP) is 0.229. The molecule has 0 radical (unpaired) electrons. The van der Waals surface area contributed by atoms with E-state index in [1.165, 1.54) is 11.0 Å². The first-order valence-electron chi connectivity index (χ1n) is 6.46. The van der Waals surface area contributed by atoms with Crippen LogP contribution in [0.3, 0.4) is 0 Å². The average Bonchev–Trinajstić information content (AvgIpc) is 2.87. The van der Waals surface area contributed by atoms with Crippen molar-refractivity contribution in [2.75, 3.05) is 24.3 Å². The summed E-state index contributed by atoms with van der Waals surface area (Å²) in [4.78, 5) is 15.8. The lowest BCUT2D eigenvalue weighted by molar-refractivity contribution is 0.250. The lowest BCUT2D eigenvalue weighted by Gasteiger charge is -2.09. The van der Waals surface area contributed by atoms with Gasteiger partial charge < -0.3 is 5.32 Å². The molecule has 9 heteroatoms. The van der Waals surface area contributed by atoms with E-state index in [1.807, 2.05) is 24.3 Å². The van der Waals surface area contributed by atoms with Gasteiger partial charge in [-0.15, -0.1) is 0 Å². The van der Waals surface area contributed by atoms with E-state index in [4.69, 9.17) is 0 Å². The van der Waals surface area contributed by atoms with Crippen molar-refractivity contribution in [1.29, 1.82) is 0 Å². The summed E-state index contributed by atoms with van der Waals surface area (Å²) in [5, 5.41) is 2.56. The molecule has 3 N–H and O–H groups in total. The molecular formula is C12H17N5O3S. The zero-order chi connectivity index (χ0) is 15.3. The van der Waals surface area contributed by atoms with E-state index < -0.39 is 16.1 Å². The Labute approximate surface area is 122 Å². The van der Waals surface area contributed by atoms with E-state index in [0.29, 0.717) is 0 Å². The van der Waals surface area contributed by atoms with Gasteiger partial charge in [0.1, 0.15) is 6.33 Å². The van der Waals surface area contributed by atoms with E-state index >= 15 is 0 Å². The van der Waals surface area contributed by atoms with Crippen molar-refractivity contribution in [3.05, 3.63) is 30.6 Å². The molecule has 0 fully saturated rings. The van der Waals surface area contributed by atoms with Gasteiger partial charge in [-0.3, -0.25) is 0 Å². The fourth-order valence-corrected chi connectivity index (χ4v) is 2.30. The summed E-state index contributed by atoms with van der Waals surface area (Å²) in [5.41, 5.74) is 4.15. The number of hydrogen-bond acceptors (Lipinski definition) is 4. The fraction of sp³-hybridized carbons (Fsp3) is 0.333. The van der Waals surface area contributed by atoms with Gasteiger partial charge in [-0.2, -0.15) is 0 Å². The molecular weight excluding hydrogens is 294 g/mol. The topological polar surface area (TPSA) is 105 Å². The average molecular weight is 311 g/mol. The van der Waals surface area contributed by atoms with Gasteiger partial charge in [0.05, 0.1) is 16.8 Å². The van der Waals surface area contributed by atoms with Gasteiger partial charge in [0.2, 0.25) is 10.0 Å². The third-order valence-corrected chi connectivity index (χ3v) is 4.19. The number of benzene rings is 1. The molecule has 8 nitrogen and oxygen atoms in total. The number of urea groups is 1. The maximum Gasteiger partial charge on any atom is 0.333 e. The molecule has 0 bridgehead atoms. The molecule has 2 aromatic rings. The van der Waals surface area contributed by atoms with Crippen LogP contribution in [0.1, 0.15) is 6.92 Å². The first-order valence-corrected chi connectivity index (χ1v) is 8.11. The van der Waals surface area contributed by atoms with Gasteiger partial charge in [-0.05, 0) is 19.1 Å². The molecule has 2 rings (SSSR count). The number of para-hydroxylation sites is 2. The maximum absolute atomic E-state index is 11.7. The summed E-state index contributed by atoms with van der Waals surface area (Å²) in [6.07, 6.45) is 1.50. The zero-order valence-electron chi connectivity index (χ0n) is 11.5. The normalized spacial score (nSPS) is 11.5. The van der Waals surface area contributed by atoms with Crippen LogP contribution in [0.4, 0.5) is 4.79 Å². The van der Waals surface area contributed by atoms with E-state index in [1.54, 1.807) is 6.92 Å². The zero-order valence-corrected chi connectivity index (χ0v) is 12.4. The van der Waals surface area contributed by atoms with E-state index in [2.05, 4.69) is 20.4 Å². The van der Waals surface area contributed by atoms with Gasteiger partial charge >= 0.3 is 6.03 Å². The molecule has 1 aromatic heterocycles. The third kappa shape index (κ3) is 4.17. The number of rotatable bonds is 6. The second kappa shape index (κ2) is 6.55. The lowest BCUT2D eigenvalue weighted by atomic mass is 10.3. The van der Waals surface area contributed by atoms with E-state index in [9.17, 15) is 13.2 Å². The number of carbonyl (C=O) groups is 1. The number of fused-ring (bicyclic) bond motifs is 1. The summed E-state index contributed by atoms with van der Waals surface area (Å²) >= 11 is 0. The van der Waals surface area contributed by atoms with Crippen LogP contribution in [0, 0.1) is 0 Å². The fourth-order valence-electron chi connectivity index (χ4n) is 1.68. The number of hydrogen-bond donors (Lipinski definition) is 3. The minimum atomic E-state index is -3.23. The monoisotopic (exact) mass is 311 g/mol. The number of amides is 2. The minimum absolute atomic E-state index is 0.0141. The molecule has 0 atom stereocenters. The highest BCUT2D eigenvalue weighted by Crippen LogP contribution is 2.09. The maximum atomic E-state index is 11.7. The second-order valence-corrected chi connectivity index (χ2v) is 6.36. The van der Waals surface area contributed by atoms with Crippen LogP contribution in [0.25, 0.3) is 11.0 Å². The smallest absolute Gasteiger partial charge is 0.333 e. The molecule has 114 valence electrons. The number of sulfonamides is 1. The molecule has 0 aliphatic carbocycles. The number of imidazole rings is 1. The largest absolute Gasteiger partial charge is 0.335 e. The Hall–Kier alpha value is -2.13. The quantitative estimate of drug-likeness (QED) is 0.664. The Morgan fingerprint density at radius 2 is 2.05 bits per heavy atom. The van der Waals surface area contributed by atoms with Crippen molar-refractivity contribution in [3.8, 4) is 0 Å². The Balaban J connectivity index is 1.82. The standard InChI is InChI=1S/C12H17N5O3S/c1-2-21(19,20)15-8-7-13-12(18)16-17-9-14-10-5-3-4-6-11(10)17/h3-6,9,15H,2,7-8H2,1H3,(H2,13,16,18). The first-order chi connectivity index (χ1) is 10.0. The minimum Gasteiger partial charge on any atom is -0.335 e. The van der Waals surface area contributed by atoms with E-state index in [0.717, 1.165) is 11.0 Å². The Morgan fingerprint density at radius 1 is 1.29 bits per heavy atom. The number of nitrogens with zero attached hydrogens (tertiary/aromatic N) is 2. The molecule has 0 unspecified atom stereocenters. The van der Waals surface area contributed by atoms with Crippen molar-refractivity contribution in [2.45, 2.75) is 6.92 Å². The molecule has 2 amide bonds. The van der Waals surface area contributed by atoms with Crippen LogP contribution >= 0.6 is 0 Å². The van der Waals surface area contributed by atoms with Crippen molar-refractivity contribution < 1.29 is 13.2 Å². The molecule has 0 aliphatic heterocycles. The van der Waals surface area contributed by atoms with Crippen LogP contribution in [-0.4, -0.2) is 43.0 Å². The first kappa shape index (κ1) is 15.3. The van der Waals surface area contributed by atoms with Gasteiger partial charge in [0, 0.05) is 13.1 Å². The summed E-state index contributed by atoms with van der Waals surface area (Å²) in [6, 6.07) is 6.94. The number of carbonyl (C=O) groups excluding carboxylic acids is 1. The van der Waals surface area contributed by atoms with Crippen molar-refractivity contribution in [1.82, 2.24) is 19.7 Å². The lowest BCUT2D eigenvalue weighted by Crippen LogP contribution is -2.39. The Morgan fingerprint density at radius 3 is 2.81 bits per heavy atom. The van der Waals surface area contributed by atoms with Crippen LogP contribution in [0.15, 0.2) is 30.6 Å². The van der Waals surface area contributed by atoms with Crippen molar-refractivity contribution >= 4 is 27.1 Å². The van der Waals surface area contributed by atoms with Crippen LogP contribution < -0.4 is 15.5 Å². The highest BCUT2D eigenvalue weighted by atomic mass is 32.2. The molecule has 21 heavy (non-hydrogen) atoms. The van der Waals surface area contributed by atoms with Gasteiger partial charge in [-0.1, -0.05) is 12.1 Å². The summed E-state index contributed by atoms with van der Waals surface area (Å²) in [6.45, 7) is 1.89. The van der Waals surface area contributed by atoms with Crippen molar-refractivity contribution in [3.63, 3.8) is 0 Å². The SMILES string of the molecule is CCS(=O)(=O)NCCNC(=O)Nn1cnc2ccccc21. The molecule has 0 aliphatic rings. The summed E-state index contributed by atoms with van der Waals surface area (Å²) in [7, 11) is -3.23.